The SMILES string of the molecule is CC(C)CC(=O)C[C@](C)(O)[C@H]1CC[C@H]2[C@@H]3C[C@H](O[C@@H]4O[C@H](C)[C@@H](O)[C@H](O[C@@H]5OC[C@@H](O[C@@H]6O[C@H](C)[C@H](O)[C@H](O)[C@H]6O[C@@H]6O[C@H](C)[C@H](O)[C@H](O)[C@H]6O)[C@H](O)[C@H]5O[C@@H]5O[C@H](C)[C@H](O)[C@H](O)[C@H]5O)[C@H]4O)[C@H]4C[C@@H](OS(=O)(=O)O)CC[C@]4(C)C3=CC[C@@]21C. The van der Waals surface area contributed by atoms with E-state index in [4.69, 9.17) is 51.6 Å². The minimum atomic E-state index is -4.87. The van der Waals surface area contributed by atoms with Gasteiger partial charge in [0.2, 0.25) is 0 Å². The lowest BCUT2D eigenvalue weighted by molar-refractivity contribution is -0.397. The second kappa shape index (κ2) is 25.6. The fraction of sp³-hybridized carbons (Fsp3) is 0.946. The molecule has 4 aliphatic carbocycles. The molecule has 484 valence electrons. The minimum Gasteiger partial charge on any atom is -0.389 e. The monoisotopic (exact) mass is 1230 g/mol. The highest BCUT2D eigenvalue weighted by molar-refractivity contribution is 7.80. The highest BCUT2D eigenvalue weighted by Crippen LogP contribution is 2.67. The van der Waals surface area contributed by atoms with E-state index in [-0.39, 0.29) is 48.7 Å². The molecule has 8 fully saturated rings. The molecule has 33 atom stereocenters. The van der Waals surface area contributed by atoms with Crippen LogP contribution >= 0.6 is 0 Å². The van der Waals surface area contributed by atoms with E-state index in [0.29, 0.717) is 32.1 Å². The summed E-state index contributed by atoms with van der Waals surface area (Å²) < 4.78 is 101. The first kappa shape index (κ1) is 66.8. The molecule has 0 amide bonds. The van der Waals surface area contributed by atoms with Gasteiger partial charge in [-0.3, -0.25) is 9.35 Å². The number of allylic oxidation sites excluding steroid dienone is 2. The van der Waals surface area contributed by atoms with Gasteiger partial charge in [0.15, 0.2) is 31.5 Å². The van der Waals surface area contributed by atoms with Crippen LogP contribution in [0.3, 0.4) is 0 Å². The molecule has 13 N–H and O–H groups in total. The van der Waals surface area contributed by atoms with Crippen molar-refractivity contribution >= 4 is 16.2 Å². The lowest BCUT2D eigenvalue weighted by Crippen LogP contribution is -2.66. The average molecular weight is 1230 g/mol. The Morgan fingerprint density at radius 3 is 1.70 bits per heavy atom. The van der Waals surface area contributed by atoms with E-state index in [2.05, 4.69) is 19.9 Å². The van der Waals surface area contributed by atoms with Crippen molar-refractivity contribution in [3.05, 3.63) is 11.6 Å². The van der Waals surface area contributed by atoms with Crippen LogP contribution in [0.4, 0.5) is 0 Å². The number of rotatable bonds is 17. The normalized spacial score (nSPS) is 51.7. The molecule has 28 heteroatoms. The molecule has 9 aliphatic rings. The van der Waals surface area contributed by atoms with Gasteiger partial charge in [0, 0.05) is 12.8 Å². The third-order valence-corrected chi connectivity index (χ3v) is 20.8. The summed E-state index contributed by atoms with van der Waals surface area (Å²) in [5.41, 5.74) is -1.22. The number of aliphatic hydroxyl groups excluding tert-OH is 11. The standard InChI is InChI=1S/C56H92O27S/c1-21(2)16-26(57)19-56(9,69)34-11-10-29-28-18-32(31-17-27(83-84(70,71)72)12-14-54(31,7)30(28)13-15-55(29,34)8)78-51-45(68)46(38(61)25(6)76-51)80-52-47(81-49-43(66)40(63)35(58)22(3)74-49)39(62)33(20-73-52)79-53-48(42(65)37(60)24(5)77-53)82-50-44(67)41(64)36(59)23(4)75-50/h13,21-25,27-29,31-53,58-69H,10-12,14-20H2,1-9H3,(H,70,71,72)/t22-,23-,24-,25-,27+,28+,29+,31-,32+,33-,34+,35+,36+,37+,38-,39+,40+,41+,42+,43-,44-,45-,46+,47-,48-,49+,50+,51+,52+,53+,54-,55+,56+/m1/s1. The fourth-order valence-corrected chi connectivity index (χ4v) is 16.2. The van der Waals surface area contributed by atoms with E-state index >= 15 is 0 Å². The van der Waals surface area contributed by atoms with Crippen molar-refractivity contribution in [2.45, 2.75) is 285 Å². The number of ether oxygens (including phenoxy) is 10. The van der Waals surface area contributed by atoms with Crippen molar-refractivity contribution in [2.24, 2.45) is 40.4 Å². The second-order valence-corrected chi connectivity index (χ2v) is 27.7. The maximum atomic E-state index is 13.2. The Bertz CT molecular complexity index is 2400. The van der Waals surface area contributed by atoms with Gasteiger partial charge >= 0.3 is 10.4 Å². The van der Waals surface area contributed by atoms with E-state index in [9.17, 15) is 79.0 Å². The van der Waals surface area contributed by atoms with E-state index in [1.807, 2.05) is 13.8 Å². The van der Waals surface area contributed by atoms with Gasteiger partial charge in [-0.1, -0.05) is 39.3 Å². The molecule has 0 aromatic rings. The van der Waals surface area contributed by atoms with Crippen molar-refractivity contribution in [3.8, 4) is 0 Å². The third-order valence-electron chi connectivity index (χ3n) is 20.3. The van der Waals surface area contributed by atoms with Crippen molar-refractivity contribution < 1.29 is 131 Å². The Morgan fingerprint density at radius 2 is 1.13 bits per heavy atom. The van der Waals surface area contributed by atoms with Gasteiger partial charge in [-0.2, -0.15) is 8.42 Å². The van der Waals surface area contributed by atoms with Crippen LogP contribution in [0, 0.1) is 40.4 Å². The molecular formula is C56H92O27S. The number of hydrogen-bond donors (Lipinski definition) is 13. The number of carbonyl (C=O) groups excluding carboxylic acids is 1. The fourth-order valence-electron chi connectivity index (χ4n) is 15.7. The molecular weight excluding hydrogens is 1140 g/mol. The number of Topliss-reactive ketones (excluding diaryl/α,β-unsaturated/α-hetero) is 1. The Balaban J connectivity index is 0.978. The summed E-state index contributed by atoms with van der Waals surface area (Å²) in [4.78, 5) is 13.2. The number of hydrogen-bond acceptors (Lipinski definition) is 26. The van der Waals surface area contributed by atoms with Crippen molar-refractivity contribution in [1.82, 2.24) is 0 Å². The molecule has 0 unspecified atom stereocenters. The summed E-state index contributed by atoms with van der Waals surface area (Å²) in [7, 11) is -4.87. The molecule has 5 saturated heterocycles. The molecule has 84 heavy (non-hydrogen) atoms. The predicted octanol–water partition coefficient (Wildman–Crippen LogP) is -1.65. The summed E-state index contributed by atoms with van der Waals surface area (Å²) in [6.07, 6.45) is -35.2. The van der Waals surface area contributed by atoms with Crippen LogP contribution in [0.2, 0.25) is 0 Å². The van der Waals surface area contributed by atoms with Gasteiger partial charge in [-0.15, -0.1) is 0 Å². The zero-order chi connectivity index (χ0) is 61.6. The van der Waals surface area contributed by atoms with Crippen molar-refractivity contribution in [2.75, 3.05) is 6.61 Å². The molecule has 5 heterocycles. The summed E-state index contributed by atoms with van der Waals surface area (Å²) >= 11 is 0. The highest BCUT2D eigenvalue weighted by Gasteiger charge is 2.64. The largest absolute Gasteiger partial charge is 0.397 e. The number of ketones is 1. The van der Waals surface area contributed by atoms with Crippen LogP contribution in [0.5, 0.6) is 0 Å². The second-order valence-electron chi connectivity index (χ2n) is 26.7. The molecule has 0 radical (unpaired) electrons. The topological polar surface area (TPSA) is 416 Å². The van der Waals surface area contributed by atoms with E-state index < -0.39 is 199 Å². The third kappa shape index (κ3) is 13.1. The first-order chi connectivity index (χ1) is 39.1. The molecule has 0 bridgehead atoms. The van der Waals surface area contributed by atoms with Gasteiger partial charge in [0.1, 0.15) is 97.3 Å². The van der Waals surface area contributed by atoms with Crippen LogP contribution in [-0.4, -0.2) is 252 Å². The van der Waals surface area contributed by atoms with Crippen molar-refractivity contribution in [1.29, 1.82) is 0 Å². The van der Waals surface area contributed by atoms with Crippen LogP contribution in [0.1, 0.15) is 120 Å². The molecule has 0 aromatic heterocycles. The number of fused-ring (bicyclic) bond motifs is 5. The quantitative estimate of drug-likeness (QED) is 0.0573. The molecule has 0 spiro atoms. The Kier molecular flexibility index (Phi) is 20.4. The molecule has 9 rings (SSSR count). The van der Waals surface area contributed by atoms with Gasteiger partial charge in [-0.25, -0.2) is 4.18 Å². The molecule has 3 saturated carbocycles. The lowest BCUT2D eigenvalue weighted by atomic mass is 9.47. The number of carbonyl (C=O) groups is 1. The smallest absolute Gasteiger partial charge is 0.389 e. The summed E-state index contributed by atoms with van der Waals surface area (Å²) in [6.45, 7) is 15.0. The highest BCUT2D eigenvalue weighted by atomic mass is 32.3. The summed E-state index contributed by atoms with van der Waals surface area (Å²) in [6, 6.07) is 0. The molecule has 0 aromatic carbocycles. The minimum absolute atomic E-state index is 0.00676. The van der Waals surface area contributed by atoms with E-state index in [0.717, 1.165) is 12.0 Å². The predicted molar refractivity (Wildman–Crippen MR) is 284 cm³/mol. The molecule has 27 nitrogen and oxygen atoms in total. The van der Waals surface area contributed by atoms with Gasteiger partial charge in [-0.05, 0) is 120 Å². The maximum Gasteiger partial charge on any atom is 0.397 e. The van der Waals surface area contributed by atoms with Gasteiger partial charge in [0.05, 0.1) is 48.8 Å². The van der Waals surface area contributed by atoms with Crippen LogP contribution in [0.15, 0.2) is 11.6 Å². The van der Waals surface area contributed by atoms with Gasteiger partial charge in [0.25, 0.3) is 0 Å². The summed E-state index contributed by atoms with van der Waals surface area (Å²) in [5.74, 6) is -0.738. The Hall–Kier alpha value is -1.60. The Labute approximate surface area is 489 Å². The zero-order valence-electron chi connectivity index (χ0n) is 49.0. The lowest BCUT2D eigenvalue weighted by Gasteiger charge is -2.60. The summed E-state index contributed by atoms with van der Waals surface area (Å²) in [5, 5.41) is 135. The zero-order valence-corrected chi connectivity index (χ0v) is 49.8. The van der Waals surface area contributed by atoms with E-state index in [1.165, 1.54) is 27.7 Å². The Morgan fingerprint density at radius 1 is 0.619 bits per heavy atom. The van der Waals surface area contributed by atoms with Gasteiger partial charge < -0.3 is 109 Å². The van der Waals surface area contributed by atoms with Crippen LogP contribution in [0.25, 0.3) is 0 Å². The van der Waals surface area contributed by atoms with E-state index in [1.54, 1.807) is 6.92 Å². The average Bonchev–Trinajstić information content (AvgIpc) is 1.36. The number of aliphatic hydroxyl groups is 12. The van der Waals surface area contributed by atoms with Crippen LogP contribution < -0.4 is 0 Å². The van der Waals surface area contributed by atoms with Crippen LogP contribution in [-0.2, 0) is 66.7 Å². The first-order valence-electron chi connectivity index (χ1n) is 29.7. The maximum absolute atomic E-state index is 13.2. The van der Waals surface area contributed by atoms with Crippen molar-refractivity contribution in [3.63, 3.8) is 0 Å². The first-order valence-corrected chi connectivity index (χ1v) is 31.1. The molecule has 5 aliphatic heterocycles.